The monoisotopic (exact) mass is 322 g/mol. The predicted molar refractivity (Wildman–Crippen MR) is 90.2 cm³/mol. The first-order chi connectivity index (χ1) is 11.1. The molecule has 0 atom stereocenters. The maximum atomic E-state index is 12.5. The Labute approximate surface area is 136 Å². The fourth-order valence-corrected chi connectivity index (χ4v) is 2.81. The fraction of sp³-hybridized carbons (Fsp3) is 0.0588. The van der Waals surface area contributed by atoms with Gasteiger partial charge in [0.2, 0.25) is 5.28 Å². The summed E-state index contributed by atoms with van der Waals surface area (Å²) in [6.07, 6.45) is 3.38. The molecule has 6 heteroatoms. The van der Waals surface area contributed by atoms with Crippen LogP contribution < -0.4 is 5.56 Å². The smallest absolute Gasteiger partial charge is 0.257 e. The Kier molecular flexibility index (Phi) is 3.09. The van der Waals surface area contributed by atoms with E-state index < -0.39 is 0 Å². The molecule has 0 spiro atoms. The lowest BCUT2D eigenvalue weighted by Crippen LogP contribution is -2.19. The normalized spacial score (nSPS) is 11.2. The van der Waals surface area contributed by atoms with E-state index in [-0.39, 0.29) is 10.8 Å². The van der Waals surface area contributed by atoms with Gasteiger partial charge in [0.1, 0.15) is 0 Å². The van der Waals surface area contributed by atoms with Crippen molar-refractivity contribution >= 4 is 33.5 Å². The highest BCUT2D eigenvalue weighted by atomic mass is 35.5. The topological polar surface area (TPSA) is 60.7 Å². The molecule has 1 aromatic carbocycles. The largest absolute Gasteiger partial charge is 0.269 e. The quantitative estimate of drug-likeness (QED) is 0.504. The molecule has 0 fully saturated rings. The molecule has 112 valence electrons. The molecule has 3 heterocycles. The van der Waals surface area contributed by atoms with Crippen LogP contribution in [0.25, 0.3) is 27.6 Å². The van der Waals surface area contributed by atoms with Crippen molar-refractivity contribution in [3.8, 4) is 5.69 Å². The van der Waals surface area contributed by atoms with Gasteiger partial charge in [-0.1, -0.05) is 6.07 Å². The van der Waals surface area contributed by atoms with Crippen LogP contribution in [0.1, 0.15) is 5.56 Å². The summed E-state index contributed by atoms with van der Waals surface area (Å²) in [4.78, 5) is 25.1. The van der Waals surface area contributed by atoms with Gasteiger partial charge in [-0.05, 0) is 48.4 Å². The Hall–Kier alpha value is -2.79. The number of aromatic nitrogens is 4. The summed E-state index contributed by atoms with van der Waals surface area (Å²) in [6.45, 7) is 1.86. The highest BCUT2D eigenvalue weighted by Gasteiger charge is 2.11. The van der Waals surface area contributed by atoms with Crippen molar-refractivity contribution in [1.29, 1.82) is 0 Å². The molecule has 3 aromatic heterocycles. The van der Waals surface area contributed by atoms with Gasteiger partial charge in [-0.15, -0.1) is 0 Å². The van der Waals surface area contributed by atoms with Crippen LogP contribution in [0.3, 0.4) is 0 Å². The molecule has 0 unspecified atom stereocenters. The Morgan fingerprint density at radius 1 is 1.13 bits per heavy atom. The second kappa shape index (κ2) is 5.14. The lowest BCUT2D eigenvalue weighted by atomic mass is 10.1. The molecule has 0 N–H and O–H groups in total. The van der Waals surface area contributed by atoms with Crippen LogP contribution in [0.15, 0.2) is 53.6 Å². The van der Waals surface area contributed by atoms with Gasteiger partial charge < -0.3 is 0 Å². The summed E-state index contributed by atoms with van der Waals surface area (Å²) >= 11 is 5.93. The highest BCUT2D eigenvalue weighted by molar-refractivity contribution is 6.28. The third-order valence-electron chi connectivity index (χ3n) is 3.78. The van der Waals surface area contributed by atoms with Gasteiger partial charge >= 0.3 is 0 Å². The second-order valence-corrected chi connectivity index (χ2v) is 5.60. The van der Waals surface area contributed by atoms with Crippen LogP contribution >= 0.6 is 11.6 Å². The van der Waals surface area contributed by atoms with Crippen LogP contribution in [0.2, 0.25) is 5.28 Å². The van der Waals surface area contributed by atoms with E-state index in [1.54, 1.807) is 23.0 Å². The SMILES string of the molecule is Cc1cc(=O)n(-c2ccc3ncccc3c2)c2nc(Cl)ncc12. The Morgan fingerprint density at radius 2 is 2.00 bits per heavy atom. The van der Waals surface area contributed by atoms with Gasteiger partial charge in [-0.25, -0.2) is 4.98 Å². The van der Waals surface area contributed by atoms with Crippen molar-refractivity contribution in [3.05, 3.63) is 70.0 Å². The van der Waals surface area contributed by atoms with Gasteiger partial charge in [0.15, 0.2) is 5.65 Å². The first kappa shape index (κ1) is 13.8. The Morgan fingerprint density at radius 3 is 2.87 bits per heavy atom. The number of hydrogen-bond donors (Lipinski definition) is 0. The van der Waals surface area contributed by atoms with Crippen LogP contribution in [0.4, 0.5) is 0 Å². The van der Waals surface area contributed by atoms with Gasteiger partial charge in [0, 0.05) is 29.2 Å². The van der Waals surface area contributed by atoms with E-state index in [9.17, 15) is 4.79 Å². The molecular formula is C17H11ClN4O. The first-order valence-electron chi connectivity index (χ1n) is 7.03. The number of hydrogen-bond acceptors (Lipinski definition) is 4. The molecular weight excluding hydrogens is 312 g/mol. The minimum absolute atomic E-state index is 0.110. The molecule has 0 aliphatic heterocycles. The number of aryl methyl sites for hydroxylation is 1. The number of nitrogens with zero attached hydrogens (tertiary/aromatic N) is 4. The van der Waals surface area contributed by atoms with Crippen molar-refractivity contribution in [2.45, 2.75) is 6.92 Å². The standard InChI is InChI=1S/C17H11ClN4O/c1-10-7-15(23)22(16-13(10)9-20-17(18)21-16)12-4-5-14-11(8-12)3-2-6-19-14/h2-9H,1H3. The van der Waals surface area contributed by atoms with E-state index >= 15 is 0 Å². The molecule has 0 amide bonds. The zero-order valence-electron chi connectivity index (χ0n) is 12.2. The van der Waals surface area contributed by atoms with Crippen LogP contribution in [-0.4, -0.2) is 19.5 Å². The van der Waals surface area contributed by atoms with Crippen molar-refractivity contribution in [3.63, 3.8) is 0 Å². The molecule has 4 rings (SSSR count). The zero-order chi connectivity index (χ0) is 16.0. The lowest BCUT2D eigenvalue weighted by Gasteiger charge is -2.11. The third-order valence-corrected chi connectivity index (χ3v) is 3.96. The molecule has 0 saturated carbocycles. The van der Waals surface area contributed by atoms with Gasteiger partial charge in [-0.3, -0.25) is 14.3 Å². The van der Waals surface area contributed by atoms with Crippen molar-refractivity contribution < 1.29 is 0 Å². The second-order valence-electron chi connectivity index (χ2n) is 5.26. The average molecular weight is 323 g/mol. The highest BCUT2D eigenvalue weighted by Crippen LogP contribution is 2.21. The van der Waals surface area contributed by atoms with Crippen LogP contribution in [-0.2, 0) is 0 Å². The maximum absolute atomic E-state index is 12.5. The lowest BCUT2D eigenvalue weighted by molar-refractivity contribution is 0.999. The Balaban J connectivity index is 2.11. The van der Waals surface area contributed by atoms with Crippen molar-refractivity contribution in [2.75, 3.05) is 0 Å². The van der Waals surface area contributed by atoms with Crippen LogP contribution in [0.5, 0.6) is 0 Å². The summed E-state index contributed by atoms with van der Waals surface area (Å²) in [5.41, 5.74) is 2.75. The zero-order valence-corrected chi connectivity index (χ0v) is 12.9. The van der Waals surface area contributed by atoms with Crippen molar-refractivity contribution in [2.24, 2.45) is 0 Å². The Bertz CT molecular complexity index is 1120. The number of pyridine rings is 2. The molecule has 0 aliphatic rings. The fourth-order valence-electron chi connectivity index (χ4n) is 2.68. The summed E-state index contributed by atoms with van der Waals surface area (Å²) in [7, 11) is 0. The first-order valence-corrected chi connectivity index (χ1v) is 7.41. The van der Waals surface area contributed by atoms with E-state index in [0.717, 1.165) is 27.5 Å². The van der Waals surface area contributed by atoms with Gasteiger partial charge in [0.05, 0.1) is 11.2 Å². The van der Waals surface area contributed by atoms with Gasteiger partial charge in [-0.2, -0.15) is 4.98 Å². The minimum Gasteiger partial charge on any atom is -0.269 e. The number of fused-ring (bicyclic) bond motifs is 2. The van der Waals surface area contributed by atoms with Gasteiger partial charge in [0.25, 0.3) is 5.56 Å². The summed E-state index contributed by atoms with van der Waals surface area (Å²) in [6, 6.07) is 11.0. The van der Waals surface area contributed by atoms with Crippen LogP contribution in [0, 0.1) is 6.92 Å². The molecule has 0 bridgehead atoms. The molecule has 0 aliphatic carbocycles. The van der Waals surface area contributed by atoms with E-state index in [1.807, 2.05) is 37.3 Å². The average Bonchev–Trinajstić information content (AvgIpc) is 2.54. The molecule has 4 aromatic rings. The maximum Gasteiger partial charge on any atom is 0.257 e. The molecule has 0 radical (unpaired) electrons. The molecule has 5 nitrogen and oxygen atoms in total. The van der Waals surface area contributed by atoms with E-state index in [0.29, 0.717) is 5.65 Å². The summed E-state index contributed by atoms with van der Waals surface area (Å²) in [5, 5.41) is 1.85. The number of halogens is 1. The summed E-state index contributed by atoms with van der Waals surface area (Å²) in [5.74, 6) is 0. The third kappa shape index (κ3) is 2.26. The minimum atomic E-state index is -0.159. The van der Waals surface area contributed by atoms with Crippen molar-refractivity contribution in [1.82, 2.24) is 19.5 Å². The predicted octanol–water partition coefficient (Wildman–Crippen LogP) is 3.29. The molecule has 23 heavy (non-hydrogen) atoms. The van der Waals surface area contributed by atoms with E-state index in [1.165, 1.54) is 0 Å². The summed E-state index contributed by atoms with van der Waals surface area (Å²) < 4.78 is 1.54. The van der Waals surface area contributed by atoms with E-state index in [4.69, 9.17) is 11.6 Å². The molecule has 0 saturated heterocycles. The number of rotatable bonds is 1. The number of benzene rings is 1. The van der Waals surface area contributed by atoms with E-state index in [2.05, 4.69) is 15.0 Å².